The van der Waals surface area contributed by atoms with Crippen LogP contribution in [0.2, 0.25) is 5.02 Å². The van der Waals surface area contributed by atoms with Gasteiger partial charge in [0.1, 0.15) is 5.82 Å². The zero-order valence-electron chi connectivity index (χ0n) is 9.91. The number of alkyl halides is 1. The highest BCUT2D eigenvalue weighted by molar-refractivity contribution is 9.10. The Morgan fingerprint density at radius 3 is 2.78 bits per heavy atom. The maximum atomic E-state index is 5.89. The second-order valence-electron chi connectivity index (χ2n) is 4.21. The molecule has 0 aromatic carbocycles. The maximum Gasteiger partial charge on any atom is 0.142 e. The van der Waals surface area contributed by atoms with Crippen molar-refractivity contribution in [3.8, 4) is 0 Å². The molecule has 1 aromatic rings. The second kappa shape index (κ2) is 6.94. The lowest BCUT2D eigenvalue weighted by atomic mass is 10.1. The first kappa shape index (κ1) is 14.4. The highest BCUT2D eigenvalue weighted by Crippen LogP contribution is 2.29. The molecule has 1 fully saturated rings. The Hall–Kier alpha value is -0.0300. The molecule has 1 saturated heterocycles. The Morgan fingerprint density at radius 2 is 2.17 bits per heavy atom. The summed E-state index contributed by atoms with van der Waals surface area (Å²) in [4.78, 5) is 6.62. The molecular formula is C12H15BrCl2N2O. The number of rotatable bonds is 4. The largest absolute Gasteiger partial charge is 0.377 e. The number of hydrogen-bond acceptors (Lipinski definition) is 3. The van der Waals surface area contributed by atoms with Crippen molar-refractivity contribution in [1.29, 1.82) is 0 Å². The van der Waals surface area contributed by atoms with Crippen molar-refractivity contribution in [2.75, 3.05) is 30.5 Å². The molecule has 100 valence electrons. The summed E-state index contributed by atoms with van der Waals surface area (Å²) >= 11 is 15.0. The summed E-state index contributed by atoms with van der Waals surface area (Å²) in [5, 5.41) is 0.644. The normalized spacial score (nSPS) is 17.2. The molecule has 18 heavy (non-hydrogen) atoms. The minimum Gasteiger partial charge on any atom is -0.377 e. The molecule has 0 spiro atoms. The van der Waals surface area contributed by atoms with E-state index in [0.29, 0.717) is 23.6 Å². The van der Waals surface area contributed by atoms with Gasteiger partial charge < -0.3 is 9.64 Å². The molecule has 1 aliphatic heterocycles. The average molecular weight is 354 g/mol. The smallest absolute Gasteiger partial charge is 0.142 e. The van der Waals surface area contributed by atoms with E-state index in [9.17, 15) is 0 Å². The number of anilines is 1. The Kier molecular flexibility index (Phi) is 5.55. The summed E-state index contributed by atoms with van der Waals surface area (Å²) in [6.45, 7) is 2.52. The van der Waals surface area contributed by atoms with E-state index in [1.54, 1.807) is 6.20 Å². The van der Waals surface area contributed by atoms with Crippen LogP contribution in [0, 0.1) is 0 Å². The fraction of sp³-hybridized carbons (Fsp3) is 0.583. The van der Waals surface area contributed by atoms with Gasteiger partial charge in [0, 0.05) is 25.2 Å². The lowest BCUT2D eigenvalue weighted by Crippen LogP contribution is -2.37. The molecule has 0 unspecified atom stereocenters. The van der Waals surface area contributed by atoms with Crippen molar-refractivity contribution in [3.63, 3.8) is 0 Å². The van der Waals surface area contributed by atoms with E-state index in [2.05, 4.69) is 25.8 Å². The van der Waals surface area contributed by atoms with E-state index in [-0.39, 0.29) is 0 Å². The van der Waals surface area contributed by atoms with Gasteiger partial charge in [-0.2, -0.15) is 0 Å². The predicted molar refractivity (Wildman–Crippen MR) is 78.9 cm³/mol. The molecule has 3 nitrogen and oxygen atoms in total. The van der Waals surface area contributed by atoms with E-state index in [0.717, 1.165) is 36.2 Å². The van der Waals surface area contributed by atoms with Crippen LogP contribution < -0.4 is 4.90 Å². The van der Waals surface area contributed by atoms with Crippen molar-refractivity contribution >= 4 is 44.9 Å². The quantitative estimate of drug-likeness (QED) is 0.771. The van der Waals surface area contributed by atoms with Crippen molar-refractivity contribution in [2.45, 2.75) is 18.9 Å². The number of halogens is 3. The van der Waals surface area contributed by atoms with E-state index >= 15 is 0 Å². The Morgan fingerprint density at radius 1 is 1.44 bits per heavy atom. The molecule has 2 heterocycles. The number of piperidine rings is 1. The number of nitrogens with zero attached hydrogens (tertiary/aromatic N) is 2. The van der Waals surface area contributed by atoms with Crippen LogP contribution in [0.15, 0.2) is 16.7 Å². The Balaban J connectivity index is 1.93. The molecule has 2 rings (SSSR count). The fourth-order valence-corrected chi connectivity index (χ4v) is 3.06. The Bertz CT molecular complexity index is 398. The molecule has 6 heteroatoms. The first-order chi connectivity index (χ1) is 8.70. The van der Waals surface area contributed by atoms with Gasteiger partial charge in [0.15, 0.2) is 0 Å². The predicted octanol–water partition coefficient (Wildman–Crippen LogP) is 3.72. The summed E-state index contributed by atoms with van der Waals surface area (Å²) in [7, 11) is 0. The van der Waals surface area contributed by atoms with Crippen LogP contribution >= 0.6 is 39.1 Å². The molecular weight excluding hydrogens is 339 g/mol. The number of pyridine rings is 1. The number of hydrogen-bond donors (Lipinski definition) is 0. The third-order valence-corrected chi connectivity index (χ3v) is 3.91. The lowest BCUT2D eigenvalue weighted by Gasteiger charge is -2.33. The molecule has 0 N–H and O–H groups in total. The van der Waals surface area contributed by atoms with Gasteiger partial charge in [0.25, 0.3) is 0 Å². The van der Waals surface area contributed by atoms with Crippen LogP contribution in [0.3, 0.4) is 0 Å². The minimum atomic E-state index is 0.325. The molecule has 0 aliphatic carbocycles. The molecule has 0 saturated carbocycles. The van der Waals surface area contributed by atoms with Crippen LogP contribution in [0.25, 0.3) is 0 Å². The van der Waals surface area contributed by atoms with Gasteiger partial charge in [0.05, 0.1) is 22.2 Å². The van der Waals surface area contributed by atoms with Gasteiger partial charge in [0.2, 0.25) is 0 Å². The van der Waals surface area contributed by atoms with Crippen molar-refractivity contribution in [3.05, 3.63) is 21.8 Å². The van der Waals surface area contributed by atoms with Crippen molar-refractivity contribution in [2.24, 2.45) is 0 Å². The molecule has 0 radical (unpaired) electrons. The summed E-state index contributed by atoms with van der Waals surface area (Å²) < 4.78 is 6.59. The molecule has 0 atom stereocenters. The van der Waals surface area contributed by atoms with E-state index in [1.165, 1.54) is 0 Å². The topological polar surface area (TPSA) is 25.4 Å². The Labute approximate surface area is 126 Å². The van der Waals surface area contributed by atoms with E-state index in [1.807, 2.05) is 6.07 Å². The summed E-state index contributed by atoms with van der Waals surface area (Å²) in [6, 6.07) is 1.87. The molecule has 1 aliphatic rings. The second-order valence-corrected chi connectivity index (χ2v) is 5.87. The van der Waals surface area contributed by atoms with Gasteiger partial charge in [-0.3, -0.25) is 0 Å². The van der Waals surface area contributed by atoms with Crippen LogP contribution in [-0.2, 0) is 4.74 Å². The summed E-state index contributed by atoms with van der Waals surface area (Å²) in [5.41, 5.74) is 0. The number of ether oxygens (including phenoxy) is 1. The first-order valence-corrected chi connectivity index (χ1v) is 7.65. The summed E-state index contributed by atoms with van der Waals surface area (Å²) in [6.07, 6.45) is 4.02. The number of aromatic nitrogens is 1. The van der Waals surface area contributed by atoms with Crippen LogP contribution in [0.4, 0.5) is 5.82 Å². The monoisotopic (exact) mass is 352 g/mol. The van der Waals surface area contributed by atoms with Gasteiger partial charge >= 0.3 is 0 Å². The van der Waals surface area contributed by atoms with Crippen LogP contribution in [0.5, 0.6) is 0 Å². The molecule has 1 aromatic heterocycles. The van der Waals surface area contributed by atoms with Gasteiger partial charge in [-0.25, -0.2) is 4.98 Å². The van der Waals surface area contributed by atoms with Crippen molar-refractivity contribution in [1.82, 2.24) is 4.98 Å². The van der Waals surface area contributed by atoms with E-state index in [4.69, 9.17) is 27.9 Å². The lowest BCUT2D eigenvalue weighted by molar-refractivity contribution is 0.0471. The first-order valence-electron chi connectivity index (χ1n) is 5.94. The summed E-state index contributed by atoms with van der Waals surface area (Å²) in [5.74, 6) is 1.51. The minimum absolute atomic E-state index is 0.325. The third kappa shape index (κ3) is 3.73. The average Bonchev–Trinajstić information content (AvgIpc) is 2.37. The standard InChI is InChI=1S/C12H15BrCl2N2O/c13-11-7-9(15)8-16-12(11)17-4-1-10(2-5-17)18-6-3-14/h7-8,10H,1-6H2. The zero-order valence-corrected chi connectivity index (χ0v) is 13.0. The third-order valence-electron chi connectivity index (χ3n) is 2.96. The van der Waals surface area contributed by atoms with Gasteiger partial charge in [-0.15, -0.1) is 11.6 Å². The SMILES string of the molecule is ClCCOC1CCN(c2ncc(Cl)cc2Br)CC1. The molecule has 0 bridgehead atoms. The molecule has 0 amide bonds. The zero-order chi connectivity index (χ0) is 13.0. The van der Waals surface area contributed by atoms with Gasteiger partial charge in [-0.1, -0.05) is 11.6 Å². The highest BCUT2D eigenvalue weighted by Gasteiger charge is 2.21. The highest BCUT2D eigenvalue weighted by atomic mass is 79.9. The van der Waals surface area contributed by atoms with Crippen LogP contribution in [-0.4, -0.2) is 36.7 Å². The van der Waals surface area contributed by atoms with Crippen molar-refractivity contribution < 1.29 is 4.74 Å². The maximum absolute atomic E-state index is 5.89. The fourth-order valence-electron chi connectivity index (χ4n) is 2.09. The van der Waals surface area contributed by atoms with Gasteiger partial charge in [-0.05, 0) is 34.8 Å². The van der Waals surface area contributed by atoms with E-state index < -0.39 is 0 Å². The van der Waals surface area contributed by atoms with Crippen LogP contribution in [0.1, 0.15) is 12.8 Å².